The molecule has 3 aromatic carbocycles. The van der Waals surface area contributed by atoms with Crippen molar-refractivity contribution < 1.29 is 19.2 Å². The minimum absolute atomic E-state index is 0.0545. The minimum Gasteiger partial charge on any atom is -0.274 e. The molecule has 4 amide bonds. The van der Waals surface area contributed by atoms with Crippen LogP contribution in [-0.4, -0.2) is 54.9 Å². The molecule has 262 valence electrons. The van der Waals surface area contributed by atoms with Crippen LogP contribution in [-0.2, 0) is 6.54 Å². The van der Waals surface area contributed by atoms with Gasteiger partial charge in [0, 0.05) is 52.0 Å². The second-order valence-corrected chi connectivity index (χ2v) is 13.7. The molecule has 8 rings (SSSR count). The summed E-state index contributed by atoms with van der Waals surface area (Å²) in [5.41, 5.74) is 6.83. The second kappa shape index (κ2) is 14.0. The lowest BCUT2D eigenvalue weighted by Crippen LogP contribution is -2.44. The van der Waals surface area contributed by atoms with Crippen molar-refractivity contribution in [2.24, 2.45) is 5.92 Å². The monoisotopic (exact) mass is 699 g/mol. The van der Waals surface area contributed by atoms with E-state index in [1.54, 1.807) is 36.7 Å². The first-order valence-electron chi connectivity index (χ1n) is 18.1. The Labute approximate surface area is 307 Å². The van der Waals surface area contributed by atoms with E-state index in [9.17, 15) is 19.2 Å². The third-order valence-corrected chi connectivity index (χ3v) is 10.4. The van der Waals surface area contributed by atoms with Crippen molar-refractivity contribution in [1.82, 2.24) is 24.8 Å². The number of unbranched alkanes of at least 4 members (excludes halogenated alkanes) is 1. The van der Waals surface area contributed by atoms with Gasteiger partial charge in [-0.05, 0) is 89.7 Å². The Balaban J connectivity index is 1.08. The Kier molecular flexibility index (Phi) is 8.92. The topological polar surface area (TPSA) is 113 Å². The van der Waals surface area contributed by atoms with Gasteiger partial charge >= 0.3 is 0 Å². The summed E-state index contributed by atoms with van der Waals surface area (Å²) >= 11 is 0. The number of rotatable bonds is 11. The number of hydrogen-bond acceptors (Lipinski definition) is 7. The standard InChI is InChI=1S/C44H37N5O4/c1-3-5-10-27(4-2)25-48-41(50)31-17-19-33-40-34(20-18-32(39(31)40)42(48)51)44(53)49(43(33)52)26-28-13-15-29(16-14-28)30-23-37(35-11-6-8-21-45-35)47-38(24-30)36-12-7-9-22-46-36/h6-9,11-24,27H,3-5,10,25-26H2,1-2H3. The van der Waals surface area contributed by atoms with Crippen LogP contribution in [0.1, 0.15) is 86.5 Å². The van der Waals surface area contributed by atoms with E-state index >= 15 is 0 Å². The average molecular weight is 700 g/mol. The average Bonchev–Trinajstić information content (AvgIpc) is 3.21. The first-order valence-corrected chi connectivity index (χ1v) is 18.1. The van der Waals surface area contributed by atoms with Crippen LogP contribution in [0, 0.1) is 5.92 Å². The number of hydrogen-bond donors (Lipinski definition) is 0. The molecule has 0 fully saturated rings. The predicted molar refractivity (Wildman–Crippen MR) is 203 cm³/mol. The van der Waals surface area contributed by atoms with Crippen molar-refractivity contribution in [2.45, 2.75) is 46.1 Å². The Bertz CT molecular complexity index is 2280. The molecule has 9 nitrogen and oxygen atoms in total. The molecule has 3 aromatic heterocycles. The lowest BCUT2D eigenvalue weighted by Gasteiger charge is -2.33. The van der Waals surface area contributed by atoms with Crippen LogP contribution in [0.2, 0.25) is 0 Å². The van der Waals surface area contributed by atoms with Gasteiger partial charge in [-0.3, -0.25) is 38.9 Å². The van der Waals surface area contributed by atoms with Crippen molar-refractivity contribution in [3.8, 4) is 33.9 Å². The lowest BCUT2D eigenvalue weighted by atomic mass is 9.85. The second-order valence-electron chi connectivity index (χ2n) is 13.7. The summed E-state index contributed by atoms with van der Waals surface area (Å²) in [6.07, 6.45) is 7.35. The van der Waals surface area contributed by atoms with E-state index in [0.717, 1.165) is 53.8 Å². The molecular formula is C44H37N5O4. The van der Waals surface area contributed by atoms with Gasteiger partial charge in [-0.2, -0.15) is 0 Å². The van der Waals surface area contributed by atoms with Crippen LogP contribution in [0.15, 0.2) is 109 Å². The number of carbonyl (C=O) groups excluding carboxylic acids is 4. The van der Waals surface area contributed by atoms with Crippen LogP contribution >= 0.6 is 0 Å². The molecule has 53 heavy (non-hydrogen) atoms. The Morgan fingerprint density at radius 2 is 1.08 bits per heavy atom. The van der Waals surface area contributed by atoms with Gasteiger partial charge in [-0.25, -0.2) is 4.98 Å². The number of carbonyl (C=O) groups is 4. The first-order chi connectivity index (χ1) is 25.9. The number of amides is 4. The highest BCUT2D eigenvalue weighted by Crippen LogP contribution is 2.39. The summed E-state index contributed by atoms with van der Waals surface area (Å²) in [6.45, 7) is 4.61. The summed E-state index contributed by atoms with van der Waals surface area (Å²) in [7, 11) is 0. The summed E-state index contributed by atoms with van der Waals surface area (Å²) in [5.74, 6) is -1.47. The van der Waals surface area contributed by atoms with Crippen LogP contribution in [0.5, 0.6) is 0 Å². The Morgan fingerprint density at radius 3 is 1.53 bits per heavy atom. The Hall–Kier alpha value is -6.35. The molecule has 0 N–H and O–H groups in total. The summed E-state index contributed by atoms with van der Waals surface area (Å²) in [6, 6.07) is 29.6. The van der Waals surface area contributed by atoms with Crippen molar-refractivity contribution in [3.05, 3.63) is 137 Å². The number of pyridine rings is 3. The molecular weight excluding hydrogens is 663 g/mol. The van der Waals surface area contributed by atoms with E-state index in [1.807, 2.05) is 72.8 Å². The molecule has 0 saturated carbocycles. The number of nitrogens with zero attached hydrogens (tertiary/aromatic N) is 5. The fourth-order valence-electron chi connectivity index (χ4n) is 7.43. The molecule has 0 spiro atoms. The van der Waals surface area contributed by atoms with E-state index in [-0.39, 0.29) is 24.3 Å². The van der Waals surface area contributed by atoms with Gasteiger partial charge in [-0.1, -0.05) is 69.5 Å². The van der Waals surface area contributed by atoms with Gasteiger partial charge in [0.1, 0.15) is 0 Å². The predicted octanol–water partition coefficient (Wildman–Crippen LogP) is 8.63. The lowest BCUT2D eigenvalue weighted by molar-refractivity contribution is 0.0566. The number of benzene rings is 3. The van der Waals surface area contributed by atoms with Crippen LogP contribution in [0.25, 0.3) is 44.7 Å². The highest BCUT2D eigenvalue weighted by atomic mass is 16.2. The van der Waals surface area contributed by atoms with E-state index in [4.69, 9.17) is 4.98 Å². The zero-order chi connectivity index (χ0) is 36.6. The molecule has 0 aliphatic carbocycles. The normalized spacial score (nSPS) is 14.3. The molecule has 5 heterocycles. The van der Waals surface area contributed by atoms with E-state index in [0.29, 0.717) is 51.0 Å². The van der Waals surface area contributed by atoms with Crippen molar-refractivity contribution in [1.29, 1.82) is 0 Å². The molecule has 2 aliphatic rings. The van der Waals surface area contributed by atoms with E-state index in [1.165, 1.54) is 9.80 Å². The molecule has 1 unspecified atom stereocenters. The fraction of sp³-hybridized carbons (Fsp3) is 0.205. The molecule has 0 saturated heterocycles. The SMILES string of the molecule is CCCCC(CC)CN1C(=O)c2ccc3c4c(ccc(c24)C1=O)C(=O)N(Cc1ccc(-c2cc(-c4ccccn4)nc(-c4ccccn4)c2)cc1)C3=O. The summed E-state index contributed by atoms with van der Waals surface area (Å²) < 4.78 is 0. The fourth-order valence-corrected chi connectivity index (χ4v) is 7.43. The van der Waals surface area contributed by atoms with E-state index in [2.05, 4.69) is 23.8 Å². The zero-order valence-corrected chi connectivity index (χ0v) is 29.6. The summed E-state index contributed by atoms with van der Waals surface area (Å²) in [5, 5.41) is 0.775. The van der Waals surface area contributed by atoms with Gasteiger partial charge in [-0.15, -0.1) is 0 Å². The first kappa shape index (κ1) is 33.8. The van der Waals surface area contributed by atoms with Crippen LogP contribution < -0.4 is 0 Å². The third kappa shape index (κ3) is 6.08. The largest absolute Gasteiger partial charge is 0.274 e. The molecule has 0 radical (unpaired) electrons. The Morgan fingerprint density at radius 1 is 0.566 bits per heavy atom. The molecule has 0 bridgehead atoms. The third-order valence-electron chi connectivity index (χ3n) is 10.4. The summed E-state index contributed by atoms with van der Waals surface area (Å²) in [4.78, 5) is 72.0. The number of aromatic nitrogens is 3. The maximum atomic E-state index is 14.0. The highest BCUT2D eigenvalue weighted by molar-refractivity contribution is 6.33. The van der Waals surface area contributed by atoms with E-state index < -0.39 is 11.8 Å². The maximum Gasteiger partial charge on any atom is 0.261 e. The van der Waals surface area contributed by atoms with Gasteiger partial charge < -0.3 is 0 Å². The van der Waals surface area contributed by atoms with Gasteiger partial charge in [0.15, 0.2) is 0 Å². The van der Waals surface area contributed by atoms with Crippen LogP contribution in [0.3, 0.4) is 0 Å². The number of imide groups is 2. The quantitative estimate of drug-likeness (QED) is 0.124. The molecule has 9 heteroatoms. The molecule has 2 aliphatic heterocycles. The smallest absolute Gasteiger partial charge is 0.261 e. The highest BCUT2D eigenvalue weighted by Gasteiger charge is 2.40. The zero-order valence-electron chi connectivity index (χ0n) is 29.6. The molecule has 6 aromatic rings. The van der Waals surface area contributed by atoms with Gasteiger partial charge in [0.05, 0.1) is 29.3 Å². The molecule has 1 atom stereocenters. The van der Waals surface area contributed by atoms with Crippen molar-refractivity contribution in [2.75, 3.05) is 6.54 Å². The van der Waals surface area contributed by atoms with Gasteiger partial charge in [0.2, 0.25) is 0 Å². The van der Waals surface area contributed by atoms with Crippen molar-refractivity contribution >= 4 is 34.4 Å². The van der Waals surface area contributed by atoms with Gasteiger partial charge in [0.25, 0.3) is 23.6 Å². The maximum absolute atomic E-state index is 14.0. The minimum atomic E-state index is -0.461. The van der Waals surface area contributed by atoms with Crippen molar-refractivity contribution in [3.63, 3.8) is 0 Å². The van der Waals surface area contributed by atoms with Crippen LogP contribution in [0.4, 0.5) is 0 Å².